The summed E-state index contributed by atoms with van der Waals surface area (Å²) in [5, 5.41) is 6.60. The zero-order valence-electron chi connectivity index (χ0n) is 9.19. The highest BCUT2D eigenvalue weighted by molar-refractivity contribution is 5.92. The lowest BCUT2D eigenvalue weighted by atomic mass is 9.84. The molecule has 3 N–H and O–H groups in total. The third-order valence-electron chi connectivity index (χ3n) is 3.20. The first-order chi connectivity index (χ1) is 7.81. The first kappa shape index (κ1) is 11.1. The van der Waals surface area contributed by atoms with Gasteiger partial charge in [-0.05, 0) is 25.3 Å². The molecule has 1 fully saturated rings. The molecular weight excluding hydrogens is 206 g/mol. The monoisotopic (exact) mass is 223 g/mol. The fourth-order valence-corrected chi connectivity index (χ4v) is 2.25. The second-order valence-corrected chi connectivity index (χ2v) is 4.24. The maximum absolute atomic E-state index is 11.8. The van der Waals surface area contributed by atoms with Crippen molar-refractivity contribution in [1.82, 2.24) is 10.5 Å². The lowest BCUT2D eigenvalue weighted by Crippen LogP contribution is -2.44. The molecule has 1 aliphatic rings. The van der Waals surface area contributed by atoms with Crippen LogP contribution in [0.15, 0.2) is 16.9 Å². The molecule has 88 valence electrons. The molecule has 0 aromatic carbocycles. The number of aromatic nitrogens is 1. The number of amides is 1. The molecule has 2 unspecified atom stereocenters. The summed E-state index contributed by atoms with van der Waals surface area (Å²) in [5.41, 5.74) is 6.04. The quantitative estimate of drug-likeness (QED) is 0.798. The first-order valence-electron chi connectivity index (χ1n) is 5.72. The van der Waals surface area contributed by atoms with Gasteiger partial charge in [-0.2, -0.15) is 0 Å². The zero-order chi connectivity index (χ0) is 11.4. The Balaban J connectivity index is 1.95. The molecule has 0 saturated heterocycles. The zero-order valence-corrected chi connectivity index (χ0v) is 9.19. The van der Waals surface area contributed by atoms with Crippen molar-refractivity contribution < 1.29 is 9.32 Å². The van der Waals surface area contributed by atoms with Crippen LogP contribution in [0.2, 0.25) is 0 Å². The van der Waals surface area contributed by atoms with Crippen LogP contribution < -0.4 is 11.1 Å². The molecule has 1 aromatic heterocycles. The second kappa shape index (κ2) is 5.12. The highest BCUT2D eigenvalue weighted by atomic mass is 16.5. The van der Waals surface area contributed by atoms with Crippen molar-refractivity contribution in [3.8, 4) is 0 Å². The Kier molecular flexibility index (Phi) is 3.56. The van der Waals surface area contributed by atoms with Crippen molar-refractivity contribution in [2.24, 2.45) is 11.7 Å². The molecule has 0 aliphatic heterocycles. The molecule has 1 heterocycles. The predicted octanol–water partition coefficient (Wildman–Crippen LogP) is 0.922. The van der Waals surface area contributed by atoms with Gasteiger partial charge >= 0.3 is 0 Å². The van der Waals surface area contributed by atoms with E-state index in [4.69, 9.17) is 5.73 Å². The SMILES string of the molecule is NCC1CCCCC1NC(=O)c1ccon1. The summed E-state index contributed by atoms with van der Waals surface area (Å²) < 4.78 is 4.64. The van der Waals surface area contributed by atoms with Crippen LogP contribution in [-0.2, 0) is 0 Å². The van der Waals surface area contributed by atoms with Gasteiger partial charge in [-0.25, -0.2) is 0 Å². The standard InChI is InChI=1S/C11H17N3O2/c12-7-8-3-1-2-4-9(8)13-11(15)10-5-6-16-14-10/h5-6,8-9H,1-4,7,12H2,(H,13,15). The topological polar surface area (TPSA) is 81.1 Å². The van der Waals surface area contributed by atoms with Gasteiger partial charge in [0.1, 0.15) is 6.26 Å². The minimum atomic E-state index is -0.167. The highest BCUT2D eigenvalue weighted by Gasteiger charge is 2.26. The molecule has 2 rings (SSSR count). The van der Waals surface area contributed by atoms with Crippen LogP contribution in [0, 0.1) is 5.92 Å². The molecule has 1 saturated carbocycles. The first-order valence-corrected chi connectivity index (χ1v) is 5.72. The van der Waals surface area contributed by atoms with Crippen molar-refractivity contribution in [3.63, 3.8) is 0 Å². The van der Waals surface area contributed by atoms with Crippen LogP contribution in [0.5, 0.6) is 0 Å². The van der Waals surface area contributed by atoms with Crippen molar-refractivity contribution in [2.45, 2.75) is 31.7 Å². The summed E-state index contributed by atoms with van der Waals surface area (Å²) >= 11 is 0. The van der Waals surface area contributed by atoms with Crippen LogP contribution in [0.1, 0.15) is 36.2 Å². The van der Waals surface area contributed by atoms with E-state index in [1.165, 1.54) is 12.7 Å². The molecule has 0 radical (unpaired) electrons. The molecule has 5 heteroatoms. The second-order valence-electron chi connectivity index (χ2n) is 4.24. The Hall–Kier alpha value is -1.36. The average molecular weight is 223 g/mol. The third kappa shape index (κ3) is 2.41. The number of carbonyl (C=O) groups excluding carboxylic acids is 1. The number of rotatable bonds is 3. The summed E-state index contributed by atoms with van der Waals surface area (Å²) in [4.78, 5) is 11.8. The van der Waals surface area contributed by atoms with Crippen molar-refractivity contribution in [2.75, 3.05) is 6.54 Å². The van der Waals surface area contributed by atoms with Gasteiger partial charge in [0.2, 0.25) is 0 Å². The van der Waals surface area contributed by atoms with E-state index in [0.717, 1.165) is 19.3 Å². The van der Waals surface area contributed by atoms with E-state index in [1.54, 1.807) is 6.07 Å². The number of nitrogens with two attached hydrogens (primary N) is 1. The van der Waals surface area contributed by atoms with Crippen LogP contribution in [0.3, 0.4) is 0 Å². The average Bonchev–Trinajstić information content (AvgIpc) is 2.83. The largest absolute Gasteiger partial charge is 0.364 e. The Morgan fingerprint density at radius 3 is 3.06 bits per heavy atom. The minimum Gasteiger partial charge on any atom is -0.364 e. The maximum atomic E-state index is 11.8. The number of hydrogen-bond acceptors (Lipinski definition) is 4. The Labute approximate surface area is 94.4 Å². The molecule has 0 spiro atoms. The van der Waals surface area contributed by atoms with E-state index in [1.807, 2.05) is 0 Å². The fourth-order valence-electron chi connectivity index (χ4n) is 2.25. The summed E-state index contributed by atoms with van der Waals surface area (Å²) in [7, 11) is 0. The van der Waals surface area contributed by atoms with Gasteiger partial charge in [0.25, 0.3) is 5.91 Å². The molecule has 1 amide bonds. The number of hydrogen-bond donors (Lipinski definition) is 2. The van der Waals surface area contributed by atoms with E-state index in [-0.39, 0.29) is 11.9 Å². The van der Waals surface area contributed by atoms with Crippen LogP contribution in [0.4, 0.5) is 0 Å². The van der Waals surface area contributed by atoms with E-state index >= 15 is 0 Å². The summed E-state index contributed by atoms with van der Waals surface area (Å²) in [6.45, 7) is 0.629. The lowest BCUT2D eigenvalue weighted by Gasteiger charge is -2.30. The lowest BCUT2D eigenvalue weighted by molar-refractivity contribution is 0.0899. The van der Waals surface area contributed by atoms with Crippen molar-refractivity contribution in [3.05, 3.63) is 18.0 Å². The summed E-state index contributed by atoms with van der Waals surface area (Å²) in [5.74, 6) is 0.226. The number of carbonyl (C=O) groups is 1. The smallest absolute Gasteiger partial charge is 0.273 e. The van der Waals surface area contributed by atoms with Gasteiger partial charge in [-0.1, -0.05) is 18.0 Å². The summed E-state index contributed by atoms with van der Waals surface area (Å²) in [6, 6.07) is 1.75. The van der Waals surface area contributed by atoms with E-state index in [0.29, 0.717) is 18.2 Å². The van der Waals surface area contributed by atoms with Crippen molar-refractivity contribution >= 4 is 5.91 Å². The molecule has 5 nitrogen and oxygen atoms in total. The molecule has 1 aliphatic carbocycles. The Bertz CT molecular complexity index is 337. The number of nitrogens with zero attached hydrogens (tertiary/aromatic N) is 1. The molecule has 0 bridgehead atoms. The van der Waals surface area contributed by atoms with Gasteiger partial charge in [-0.15, -0.1) is 0 Å². The Morgan fingerprint density at radius 2 is 2.38 bits per heavy atom. The van der Waals surface area contributed by atoms with Gasteiger partial charge in [0.05, 0.1) is 0 Å². The van der Waals surface area contributed by atoms with Gasteiger partial charge in [0, 0.05) is 12.1 Å². The van der Waals surface area contributed by atoms with Crippen LogP contribution in [-0.4, -0.2) is 23.7 Å². The highest BCUT2D eigenvalue weighted by Crippen LogP contribution is 2.23. The number of nitrogens with one attached hydrogen (secondary N) is 1. The normalized spacial score (nSPS) is 25.3. The van der Waals surface area contributed by atoms with Crippen LogP contribution in [0.25, 0.3) is 0 Å². The Morgan fingerprint density at radius 1 is 1.56 bits per heavy atom. The molecule has 16 heavy (non-hydrogen) atoms. The molecule has 2 atom stereocenters. The van der Waals surface area contributed by atoms with E-state index < -0.39 is 0 Å². The predicted molar refractivity (Wildman–Crippen MR) is 58.8 cm³/mol. The van der Waals surface area contributed by atoms with E-state index in [9.17, 15) is 4.79 Å². The van der Waals surface area contributed by atoms with Gasteiger partial charge < -0.3 is 15.6 Å². The van der Waals surface area contributed by atoms with Crippen LogP contribution >= 0.6 is 0 Å². The molecule has 1 aromatic rings. The fraction of sp³-hybridized carbons (Fsp3) is 0.636. The van der Waals surface area contributed by atoms with E-state index in [2.05, 4.69) is 15.0 Å². The summed E-state index contributed by atoms with van der Waals surface area (Å²) in [6.07, 6.45) is 5.86. The van der Waals surface area contributed by atoms with Crippen molar-refractivity contribution in [1.29, 1.82) is 0 Å². The third-order valence-corrected chi connectivity index (χ3v) is 3.20. The minimum absolute atomic E-state index is 0.167. The maximum Gasteiger partial charge on any atom is 0.273 e. The van der Waals surface area contributed by atoms with Gasteiger partial charge in [-0.3, -0.25) is 4.79 Å². The molecular formula is C11H17N3O2. The van der Waals surface area contributed by atoms with Gasteiger partial charge in [0.15, 0.2) is 5.69 Å².